The second kappa shape index (κ2) is 5.86. The summed E-state index contributed by atoms with van der Waals surface area (Å²) < 4.78 is 2.01. The van der Waals surface area contributed by atoms with Crippen LogP contribution in [0.2, 0.25) is 0 Å². The summed E-state index contributed by atoms with van der Waals surface area (Å²) in [6, 6.07) is 14.3. The molecular formula is C18H18N3O3S+. The first kappa shape index (κ1) is 16.1. The van der Waals surface area contributed by atoms with Gasteiger partial charge in [0.2, 0.25) is 0 Å². The van der Waals surface area contributed by atoms with E-state index in [1.165, 1.54) is 12.1 Å². The van der Waals surface area contributed by atoms with E-state index in [0.29, 0.717) is 12.1 Å². The summed E-state index contributed by atoms with van der Waals surface area (Å²) >= 11 is 1.73. The molecule has 6 nitrogen and oxygen atoms in total. The third kappa shape index (κ3) is 2.51. The number of thioether (sulfide) groups is 1. The van der Waals surface area contributed by atoms with Gasteiger partial charge in [-0.1, -0.05) is 18.2 Å². The number of nitrogens with zero attached hydrogens (tertiary/aromatic N) is 3. The Balaban J connectivity index is 1.76. The van der Waals surface area contributed by atoms with Gasteiger partial charge in [0.25, 0.3) is 11.4 Å². The first-order valence-corrected chi connectivity index (χ1v) is 9.07. The average molecular weight is 356 g/mol. The number of para-hydroxylation sites is 1. The maximum atomic E-state index is 11.5. The van der Waals surface area contributed by atoms with E-state index in [-0.39, 0.29) is 5.69 Å². The zero-order valence-electron chi connectivity index (χ0n) is 13.8. The Kier molecular flexibility index (Phi) is 3.77. The van der Waals surface area contributed by atoms with Crippen molar-refractivity contribution < 1.29 is 14.6 Å². The highest BCUT2D eigenvalue weighted by Gasteiger charge is 2.54. The fraction of sp³-hybridized carbons (Fsp3) is 0.278. The van der Waals surface area contributed by atoms with E-state index in [4.69, 9.17) is 0 Å². The predicted octanol–water partition coefficient (Wildman–Crippen LogP) is 2.68. The number of hydrogen-bond acceptors (Lipinski definition) is 5. The lowest BCUT2D eigenvalue weighted by atomic mass is 10.0. The average Bonchev–Trinajstić information content (AvgIpc) is 3.19. The summed E-state index contributed by atoms with van der Waals surface area (Å²) in [7, 11) is 0. The highest BCUT2D eigenvalue weighted by molar-refractivity contribution is 8.14. The van der Waals surface area contributed by atoms with Gasteiger partial charge >= 0.3 is 5.17 Å². The molecule has 0 saturated heterocycles. The highest BCUT2D eigenvalue weighted by atomic mass is 32.2. The quantitative estimate of drug-likeness (QED) is 0.520. The van der Waals surface area contributed by atoms with Crippen LogP contribution in [0.15, 0.2) is 48.5 Å². The van der Waals surface area contributed by atoms with Crippen LogP contribution in [0, 0.1) is 17.0 Å². The van der Waals surface area contributed by atoms with E-state index in [2.05, 4.69) is 24.0 Å². The molecule has 2 aliphatic rings. The minimum Gasteiger partial charge on any atom is -0.346 e. The fourth-order valence-electron chi connectivity index (χ4n) is 3.49. The molecular weight excluding hydrogens is 338 g/mol. The maximum Gasteiger partial charge on any atom is 0.316 e. The predicted molar refractivity (Wildman–Crippen MR) is 98.1 cm³/mol. The fourth-order valence-corrected chi connectivity index (χ4v) is 4.67. The molecule has 2 heterocycles. The number of hydrogen-bond donors (Lipinski definition) is 1. The van der Waals surface area contributed by atoms with Gasteiger partial charge in [-0.05, 0) is 42.4 Å². The van der Waals surface area contributed by atoms with Gasteiger partial charge in [-0.2, -0.15) is 0 Å². The normalized spacial score (nSPS) is 22.4. The van der Waals surface area contributed by atoms with Gasteiger partial charge in [0, 0.05) is 23.4 Å². The smallest absolute Gasteiger partial charge is 0.316 e. The molecule has 0 aromatic heterocycles. The van der Waals surface area contributed by atoms with Gasteiger partial charge in [0.05, 0.1) is 11.5 Å². The zero-order valence-corrected chi connectivity index (χ0v) is 14.6. The van der Waals surface area contributed by atoms with Crippen LogP contribution in [0.25, 0.3) is 0 Å². The number of benzene rings is 2. The van der Waals surface area contributed by atoms with Gasteiger partial charge in [-0.3, -0.25) is 10.1 Å². The molecule has 0 fully saturated rings. The van der Waals surface area contributed by atoms with E-state index in [9.17, 15) is 15.2 Å². The van der Waals surface area contributed by atoms with Crippen molar-refractivity contribution in [2.24, 2.45) is 0 Å². The molecule has 25 heavy (non-hydrogen) atoms. The van der Waals surface area contributed by atoms with Crippen molar-refractivity contribution in [3.8, 4) is 0 Å². The van der Waals surface area contributed by atoms with Crippen LogP contribution in [0.4, 0.5) is 11.4 Å². The molecule has 2 aromatic carbocycles. The molecule has 7 heteroatoms. The molecule has 0 aliphatic carbocycles. The molecule has 1 atom stereocenters. The summed E-state index contributed by atoms with van der Waals surface area (Å²) in [6.07, 6.45) is 0. The van der Waals surface area contributed by atoms with Gasteiger partial charge in [-0.15, -0.1) is 0 Å². The number of aliphatic hydroxyl groups is 1. The zero-order chi connectivity index (χ0) is 17.6. The van der Waals surface area contributed by atoms with E-state index >= 15 is 0 Å². The topological polar surface area (TPSA) is 69.6 Å². The van der Waals surface area contributed by atoms with Crippen LogP contribution in [-0.2, 0) is 5.72 Å². The van der Waals surface area contributed by atoms with Crippen molar-refractivity contribution >= 4 is 28.3 Å². The van der Waals surface area contributed by atoms with Gasteiger partial charge in [-0.25, -0.2) is 9.48 Å². The number of anilines is 1. The molecule has 1 unspecified atom stereocenters. The largest absolute Gasteiger partial charge is 0.346 e. The van der Waals surface area contributed by atoms with Crippen molar-refractivity contribution in [1.82, 2.24) is 0 Å². The monoisotopic (exact) mass is 356 g/mol. The van der Waals surface area contributed by atoms with Crippen LogP contribution in [0.5, 0.6) is 0 Å². The number of amidine groups is 1. The molecule has 2 aliphatic heterocycles. The minimum absolute atomic E-state index is 0.0288. The molecule has 4 rings (SSSR count). The van der Waals surface area contributed by atoms with E-state index in [0.717, 1.165) is 28.7 Å². The Morgan fingerprint density at radius 3 is 2.64 bits per heavy atom. The minimum atomic E-state index is -1.18. The van der Waals surface area contributed by atoms with Gasteiger partial charge in [0.15, 0.2) is 6.54 Å². The summed E-state index contributed by atoms with van der Waals surface area (Å²) in [5.74, 6) is 0.910. The van der Waals surface area contributed by atoms with Crippen LogP contribution in [-0.4, -0.2) is 38.6 Å². The third-order valence-corrected chi connectivity index (χ3v) is 5.87. The second-order valence-electron chi connectivity index (χ2n) is 6.28. The number of β-amino-alcohol motifs (C(OH)–C–C–N with tert-alkyl or cyclic N) is 1. The SMILES string of the molecule is Cc1ccccc1N1CC(O)(c2ccc([N+](=O)[O-])cc2)[N+]2=C1SCC2. The van der Waals surface area contributed by atoms with Crippen LogP contribution in [0.1, 0.15) is 11.1 Å². The first-order chi connectivity index (χ1) is 12.0. The second-order valence-corrected chi connectivity index (χ2v) is 7.34. The lowest BCUT2D eigenvalue weighted by Crippen LogP contribution is -2.41. The maximum absolute atomic E-state index is 11.5. The summed E-state index contributed by atoms with van der Waals surface area (Å²) in [4.78, 5) is 12.6. The summed E-state index contributed by atoms with van der Waals surface area (Å²) in [5, 5.41) is 23.4. The van der Waals surface area contributed by atoms with Crippen molar-refractivity contribution in [3.63, 3.8) is 0 Å². The molecule has 0 radical (unpaired) electrons. The van der Waals surface area contributed by atoms with Crippen molar-refractivity contribution in [2.45, 2.75) is 12.6 Å². The lowest BCUT2D eigenvalue weighted by molar-refractivity contribution is -0.650. The molecule has 0 bridgehead atoms. The molecule has 2 aromatic rings. The number of aryl methyl sites for hydroxylation is 1. The first-order valence-electron chi connectivity index (χ1n) is 8.08. The van der Waals surface area contributed by atoms with E-state index < -0.39 is 10.6 Å². The molecule has 128 valence electrons. The van der Waals surface area contributed by atoms with Crippen LogP contribution >= 0.6 is 11.8 Å². The van der Waals surface area contributed by atoms with Crippen LogP contribution in [0.3, 0.4) is 0 Å². The van der Waals surface area contributed by atoms with Crippen molar-refractivity contribution in [1.29, 1.82) is 0 Å². The standard InChI is InChI=1S/C18H18N3O3S/c1-13-4-2-3-5-16(13)19-12-18(22,20-10-11-25-17(19)20)14-6-8-15(9-7-14)21(23)24/h2-9,22H,10-12H2,1H3/q+1. The number of nitro benzene ring substituents is 1. The number of nitro groups is 1. The highest BCUT2D eigenvalue weighted by Crippen LogP contribution is 2.39. The molecule has 1 N–H and O–H groups in total. The Bertz CT molecular complexity index is 881. The van der Waals surface area contributed by atoms with Crippen LogP contribution < -0.4 is 4.90 Å². The third-order valence-electron chi connectivity index (χ3n) is 4.78. The molecule has 0 spiro atoms. The van der Waals surface area contributed by atoms with E-state index in [1.807, 2.05) is 16.7 Å². The summed E-state index contributed by atoms with van der Waals surface area (Å²) in [5.41, 5.74) is 1.75. The Labute approximate surface area is 149 Å². The Morgan fingerprint density at radius 2 is 1.96 bits per heavy atom. The lowest BCUT2D eigenvalue weighted by Gasteiger charge is -2.23. The van der Waals surface area contributed by atoms with Crippen molar-refractivity contribution in [2.75, 3.05) is 23.7 Å². The van der Waals surface area contributed by atoms with Crippen molar-refractivity contribution in [3.05, 3.63) is 69.8 Å². The van der Waals surface area contributed by atoms with E-state index in [1.54, 1.807) is 23.9 Å². The number of rotatable bonds is 3. The molecule has 0 saturated carbocycles. The Hall–Kier alpha value is -2.38. The Morgan fingerprint density at radius 1 is 1.24 bits per heavy atom. The summed E-state index contributed by atoms with van der Waals surface area (Å²) in [6.45, 7) is 3.21. The van der Waals surface area contributed by atoms with Gasteiger partial charge < -0.3 is 5.11 Å². The number of non-ortho nitro benzene ring substituents is 1. The molecule has 0 amide bonds. The van der Waals surface area contributed by atoms with Gasteiger partial charge in [0.1, 0.15) is 5.69 Å².